The van der Waals surface area contributed by atoms with Crippen molar-refractivity contribution in [2.75, 3.05) is 4.90 Å². The lowest BCUT2D eigenvalue weighted by atomic mass is 10.1. The molecule has 2 aromatic carbocycles. The minimum Gasteiger partial charge on any atom is -0.321 e. The van der Waals surface area contributed by atoms with Gasteiger partial charge in [0.2, 0.25) is 0 Å². The monoisotopic (exact) mass is 383 g/mol. The molecule has 2 aromatic heterocycles. The first kappa shape index (κ1) is 18.6. The van der Waals surface area contributed by atoms with Crippen molar-refractivity contribution in [2.45, 2.75) is 20.4 Å². The van der Waals surface area contributed by atoms with Crippen molar-refractivity contribution in [3.63, 3.8) is 0 Å². The summed E-state index contributed by atoms with van der Waals surface area (Å²) in [5.41, 5.74) is 4.37. The quantitative estimate of drug-likeness (QED) is 0.568. The van der Waals surface area contributed by atoms with Gasteiger partial charge in [0.05, 0.1) is 17.6 Å². The third-order valence-electron chi connectivity index (χ3n) is 5.05. The van der Waals surface area contributed by atoms with Gasteiger partial charge in [-0.3, -0.25) is 14.6 Å². The zero-order chi connectivity index (χ0) is 20.4. The Morgan fingerprint density at radius 2 is 1.79 bits per heavy atom. The third-order valence-corrected chi connectivity index (χ3v) is 5.05. The van der Waals surface area contributed by atoms with E-state index in [-0.39, 0.29) is 18.0 Å². The van der Waals surface area contributed by atoms with Gasteiger partial charge in [0.1, 0.15) is 0 Å². The van der Waals surface area contributed by atoms with Crippen LogP contribution >= 0.6 is 0 Å². The van der Waals surface area contributed by atoms with Gasteiger partial charge in [-0.15, -0.1) is 0 Å². The van der Waals surface area contributed by atoms with Crippen molar-refractivity contribution in [3.05, 3.63) is 106 Å². The molecule has 0 atom stereocenters. The molecule has 0 bridgehead atoms. The summed E-state index contributed by atoms with van der Waals surface area (Å²) in [6.07, 6.45) is 3.17. The predicted octanol–water partition coefficient (Wildman–Crippen LogP) is 4.39. The topological polar surface area (TPSA) is 66.1 Å². The molecular weight excluding hydrogens is 362 g/mol. The second-order valence-corrected chi connectivity index (χ2v) is 7.08. The molecule has 0 aliphatic carbocycles. The molecule has 0 aliphatic rings. The number of aromatic amines is 1. The Bertz CT molecular complexity index is 1250. The van der Waals surface area contributed by atoms with E-state index >= 15 is 0 Å². The maximum Gasteiger partial charge on any atom is 0.260 e. The Morgan fingerprint density at radius 1 is 1.00 bits per heavy atom. The lowest BCUT2D eigenvalue weighted by molar-refractivity contribution is 0.0984. The van der Waals surface area contributed by atoms with Crippen LogP contribution in [0.2, 0.25) is 0 Å². The maximum atomic E-state index is 13.3. The zero-order valence-corrected chi connectivity index (χ0v) is 16.3. The van der Waals surface area contributed by atoms with E-state index in [1.165, 1.54) is 0 Å². The standard InChI is InChI=1S/C24H21N3O2/c1-16-7-3-4-11-21(16)27(24(29)19-10-6-12-25-14-19)15-20-13-18-9-5-8-17(2)22(18)26-23(20)28/h3-14H,15H2,1-2H3,(H,26,28). The highest BCUT2D eigenvalue weighted by atomic mass is 16.2. The van der Waals surface area contributed by atoms with Crippen LogP contribution in [-0.4, -0.2) is 15.9 Å². The number of anilines is 1. The number of aromatic nitrogens is 2. The van der Waals surface area contributed by atoms with Gasteiger partial charge in [-0.2, -0.15) is 0 Å². The van der Waals surface area contributed by atoms with E-state index in [1.54, 1.807) is 29.4 Å². The molecule has 29 heavy (non-hydrogen) atoms. The molecule has 1 N–H and O–H groups in total. The highest BCUT2D eigenvalue weighted by Gasteiger charge is 2.21. The molecule has 1 amide bonds. The molecule has 5 nitrogen and oxygen atoms in total. The normalized spacial score (nSPS) is 10.8. The fourth-order valence-electron chi connectivity index (χ4n) is 3.49. The number of para-hydroxylation sites is 2. The van der Waals surface area contributed by atoms with Gasteiger partial charge in [-0.1, -0.05) is 36.4 Å². The van der Waals surface area contributed by atoms with Crippen molar-refractivity contribution in [1.29, 1.82) is 0 Å². The average molecular weight is 383 g/mol. The van der Waals surface area contributed by atoms with Gasteiger partial charge in [0, 0.05) is 23.6 Å². The molecule has 0 saturated heterocycles. The van der Waals surface area contributed by atoms with Crippen LogP contribution in [0.4, 0.5) is 5.69 Å². The Hall–Kier alpha value is -3.73. The Kier molecular flexibility index (Phi) is 4.96. The summed E-state index contributed by atoms with van der Waals surface area (Å²) < 4.78 is 0. The van der Waals surface area contributed by atoms with E-state index in [0.717, 1.165) is 27.7 Å². The molecule has 144 valence electrons. The lowest BCUT2D eigenvalue weighted by Crippen LogP contribution is -2.33. The van der Waals surface area contributed by atoms with Crippen LogP contribution in [0.15, 0.2) is 77.9 Å². The molecular formula is C24H21N3O2. The lowest BCUT2D eigenvalue weighted by Gasteiger charge is -2.24. The summed E-state index contributed by atoms with van der Waals surface area (Å²) in [6, 6.07) is 18.9. The summed E-state index contributed by atoms with van der Waals surface area (Å²) in [5, 5.41) is 0.943. The van der Waals surface area contributed by atoms with Gasteiger partial charge in [0.25, 0.3) is 11.5 Å². The van der Waals surface area contributed by atoms with Gasteiger partial charge >= 0.3 is 0 Å². The fraction of sp³-hybridized carbons (Fsp3) is 0.125. The molecule has 0 fully saturated rings. The number of fused-ring (bicyclic) bond motifs is 1. The fourth-order valence-corrected chi connectivity index (χ4v) is 3.49. The minimum atomic E-state index is -0.198. The third kappa shape index (κ3) is 3.67. The Labute approximate surface area is 168 Å². The van der Waals surface area contributed by atoms with Gasteiger partial charge in [0.15, 0.2) is 0 Å². The molecule has 4 aromatic rings. The van der Waals surface area contributed by atoms with Crippen molar-refractivity contribution in [1.82, 2.24) is 9.97 Å². The Morgan fingerprint density at radius 3 is 2.55 bits per heavy atom. The van der Waals surface area contributed by atoms with Crippen LogP contribution in [0.3, 0.4) is 0 Å². The molecule has 2 heterocycles. The largest absolute Gasteiger partial charge is 0.321 e. The van der Waals surface area contributed by atoms with Crippen molar-refractivity contribution < 1.29 is 4.79 Å². The first-order valence-electron chi connectivity index (χ1n) is 9.43. The van der Waals surface area contributed by atoms with Crippen LogP contribution in [0.1, 0.15) is 27.0 Å². The molecule has 0 radical (unpaired) electrons. The van der Waals surface area contributed by atoms with Crippen LogP contribution in [0.25, 0.3) is 10.9 Å². The second-order valence-electron chi connectivity index (χ2n) is 7.08. The van der Waals surface area contributed by atoms with E-state index in [0.29, 0.717) is 11.1 Å². The number of H-pyrrole nitrogens is 1. The summed E-state index contributed by atoms with van der Waals surface area (Å²) in [7, 11) is 0. The number of nitrogens with zero attached hydrogens (tertiary/aromatic N) is 2. The first-order chi connectivity index (χ1) is 14.0. The number of rotatable bonds is 4. The number of hydrogen-bond donors (Lipinski definition) is 1. The number of benzene rings is 2. The van der Waals surface area contributed by atoms with E-state index in [4.69, 9.17) is 0 Å². The maximum absolute atomic E-state index is 13.3. The van der Waals surface area contributed by atoms with E-state index < -0.39 is 0 Å². The molecule has 4 rings (SSSR count). The summed E-state index contributed by atoms with van der Waals surface area (Å²) in [4.78, 5) is 34.8. The number of pyridine rings is 2. The molecule has 5 heteroatoms. The van der Waals surface area contributed by atoms with Crippen molar-refractivity contribution in [3.8, 4) is 0 Å². The van der Waals surface area contributed by atoms with Crippen LogP contribution in [0.5, 0.6) is 0 Å². The highest BCUT2D eigenvalue weighted by Crippen LogP contribution is 2.24. The second kappa shape index (κ2) is 7.72. The first-order valence-corrected chi connectivity index (χ1v) is 9.43. The number of hydrogen-bond acceptors (Lipinski definition) is 3. The summed E-state index contributed by atoms with van der Waals surface area (Å²) in [5.74, 6) is -0.198. The number of carbonyl (C=O) groups excluding carboxylic acids is 1. The molecule has 0 aliphatic heterocycles. The van der Waals surface area contributed by atoms with Crippen molar-refractivity contribution >= 4 is 22.5 Å². The van der Waals surface area contributed by atoms with Crippen LogP contribution in [0, 0.1) is 13.8 Å². The van der Waals surface area contributed by atoms with E-state index in [1.807, 2.05) is 62.4 Å². The van der Waals surface area contributed by atoms with E-state index in [9.17, 15) is 9.59 Å². The predicted molar refractivity (Wildman–Crippen MR) is 115 cm³/mol. The molecule has 0 unspecified atom stereocenters. The van der Waals surface area contributed by atoms with Crippen molar-refractivity contribution in [2.24, 2.45) is 0 Å². The highest BCUT2D eigenvalue weighted by molar-refractivity contribution is 6.06. The number of amides is 1. The smallest absolute Gasteiger partial charge is 0.260 e. The van der Waals surface area contributed by atoms with E-state index in [2.05, 4.69) is 9.97 Å². The number of carbonyl (C=O) groups is 1. The van der Waals surface area contributed by atoms with Crippen LogP contribution in [-0.2, 0) is 6.54 Å². The summed E-state index contributed by atoms with van der Waals surface area (Å²) in [6.45, 7) is 4.08. The molecule has 0 saturated carbocycles. The van der Waals surface area contributed by atoms with Gasteiger partial charge in [-0.25, -0.2) is 0 Å². The Balaban J connectivity index is 1.81. The van der Waals surface area contributed by atoms with Gasteiger partial charge in [-0.05, 0) is 54.6 Å². The molecule has 0 spiro atoms. The zero-order valence-electron chi connectivity index (χ0n) is 16.3. The SMILES string of the molecule is Cc1ccccc1N(Cc1cc2cccc(C)c2[nH]c1=O)C(=O)c1cccnc1. The average Bonchev–Trinajstić information content (AvgIpc) is 2.74. The minimum absolute atomic E-state index is 0.164. The summed E-state index contributed by atoms with van der Waals surface area (Å²) >= 11 is 0. The van der Waals surface area contributed by atoms with Gasteiger partial charge < -0.3 is 9.88 Å². The van der Waals surface area contributed by atoms with Crippen LogP contribution < -0.4 is 10.5 Å². The number of nitrogens with one attached hydrogen (secondary N) is 1. The number of aryl methyl sites for hydroxylation is 2.